The number of nitro groups is 1. The zero-order valence-electron chi connectivity index (χ0n) is 9.49. The van der Waals surface area contributed by atoms with E-state index in [4.69, 9.17) is 0 Å². The summed E-state index contributed by atoms with van der Waals surface area (Å²) in [6, 6.07) is 6.48. The standard InChI is InChI=1S/C10H10N4O2S2/c1-11-10-9(12-13-18-10)6-17-8-4-2-7(3-5-8)14(15)16/h2-5,11H,6H2,1H3. The van der Waals surface area contributed by atoms with Gasteiger partial charge in [-0.2, -0.15) is 0 Å². The SMILES string of the molecule is CNc1snnc1CSc1ccc([N+](=O)[O-])cc1. The molecule has 0 amide bonds. The van der Waals surface area contributed by atoms with E-state index in [1.807, 2.05) is 7.05 Å². The summed E-state index contributed by atoms with van der Waals surface area (Å²) in [6.45, 7) is 0. The van der Waals surface area contributed by atoms with Gasteiger partial charge in [-0.25, -0.2) is 0 Å². The molecule has 1 aromatic carbocycles. The summed E-state index contributed by atoms with van der Waals surface area (Å²) in [5, 5.41) is 18.5. The molecule has 0 atom stereocenters. The second-order valence-electron chi connectivity index (χ2n) is 3.34. The fourth-order valence-electron chi connectivity index (χ4n) is 1.31. The van der Waals surface area contributed by atoms with Crippen molar-refractivity contribution >= 4 is 34.0 Å². The number of nitro benzene ring substituents is 1. The average Bonchev–Trinajstić information content (AvgIpc) is 2.84. The summed E-state index contributed by atoms with van der Waals surface area (Å²) < 4.78 is 3.87. The maximum absolute atomic E-state index is 10.5. The fraction of sp³-hybridized carbons (Fsp3) is 0.200. The molecule has 0 spiro atoms. The second kappa shape index (κ2) is 5.78. The van der Waals surface area contributed by atoms with Crippen molar-refractivity contribution in [2.24, 2.45) is 0 Å². The zero-order chi connectivity index (χ0) is 13.0. The molecule has 0 saturated heterocycles. The molecule has 18 heavy (non-hydrogen) atoms. The minimum atomic E-state index is -0.405. The summed E-state index contributed by atoms with van der Waals surface area (Å²) in [6.07, 6.45) is 0. The summed E-state index contributed by atoms with van der Waals surface area (Å²) in [7, 11) is 1.83. The monoisotopic (exact) mass is 282 g/mol. The van der Waals surface area contributed by atoms with Crippen LogP contribution in [0.4, 0.5) is 10.7 Å². The van der Waals surface area contributed by atoms with Crippen molar-refractivity contribution in [3.05, 3.63) is 40.1 Å². The Labute approximate surface area is 112 Å². The van der Waals surface area contributed by atoms with Crippen LogP contribution in [0.15, 0.2) is 29.2 Å². The smallest absolute Gasteiger partial charge is 0.269 e. The van der Waals surface area contributed by atoms with Gasteiger partial charge in [-0.3, -0.25) is 10.1 Å². The van der Waals surface area contributed by atoms with Crippen molar-refractivity contribution < 1.29 is 4.92 Å². The van der Waals surface area contributed by atoms with Gasteiger partial charge in [-0.1, -0.05) is 4.49 Å². The topological polar surface area (TPSA) is 81.0 Å². The molecule has 0 radical (unpaired) electrons. The van der Waals surface area contributed by atoms with E-state index in [0.29, 0.717) is 5.75 Å². The molecular weight excluding hydrogens is 272 g/mol. The normalized spacial score (nSPS) is 10.3. The molecule has 1 heterocycles. The number of aromatic nitrogens is 2. The minimum absolute atomic E-state index is 0.102. The number of rotatable bonds is 5. The first kappa shape index (κ1) is 12.8. The number of hydrogen-bond donors (Lipinski definition) is 1. The van der Waals surface area contributed by atoms with E-state index >= 15 is 0 Å². The molecule has 1 aromatic heterocycles. The van der Waals surface area contributed by atoms with Gasteiger partial charge in [0.1, 0.15) is 10.7 Å². The van der Waals surface area contributed by atoms with Gasteiger partial charge in [0, 0.05) is 41.4 Å². The Bertz CT molecular complexity index is 541. The highest BCUT2D eigenvalue weighted by Crippen LogP contribution is 2.28. The Hall–Kier alpha value is -1.67. The van der Waals surface area contributed by atoms with Crippen LogP contribution >= 0.6 is 23.3 Å². The van der Waals surface area contributed by atoms with Crippen LogP contribution in [0.3, 0.4) is 0 Å². The van der Waals surface area contributed by atoms with Gasteiger partial charge >= 0.3 is 0 Å². The number of benzene rings is 1. The highest BCUT2D eigenvalue weighted by Gasteiger charge is 2.08. The van der Waals surface area contributed by atoms with Crippen LogP contribution in [0.25, 0.3) is 0 Å². The quantitative estimate of drug-likeness (QED) is 0.516. The third-order valence-electron chi connectivity index (χ3n) is 2.21. The molecule has 0 bridgehead atoms. The molecule has 0 aliphatic rings. The van der Waals surface area contributed by atoms with E-state index < -0.39 is 4.92 Å². The number of hydrogen-bond acceptors (Lipinski definition) is 7. The van der Waals surface area contributed by atoms with Crippen LogP contribution in [0.1, 0.15) is 5.69 Å². The molecular formula is C10H10N4O2S2. The number of nitrogens with zero attached hydrogens (tertiary/aromatic N) is 3. The summed E-state index contributed by atoms with van der Waals surface area (Å²) >= 11 is 2.89. The van der Waals surface area contributed by atoms with Crippen molar-refractivity contribution in [2.45, 2.75) is 10.6 Å². The van der Waals surface area contributed by atoms with Gasteiger partial charge < -0.3 is 5.32 Å². The van der Waals surface area contributed by atoms with Gasteiger partial charge in [0.05, 0.1) is 4.92 Å². The molecule has 6 nitrogen and oxygen atoms in total. The molecule has 0 aliphatic carbocycles. The number of anilines is 1. The molecule has 0 aliphatic heterocycles. The Morgan fingerprint density at radius 1 is 1.44 bits per heavy atom. The Balaban J connectivity index is 2.00. The first-order valence-corrected chi connectivity index (χ1v) is 6.83. The van der Waals surface area contributed by atoms with Crippen LogP contribution in [-0.4, -0.2) is 21.6 Å². The van der Waals surface area contributed by atoms with Crippen LogP contribution < -0.4 is 5.32 Å². The van der Waals surface area contributed by atoms with Crippen LogP contribution in [0.2, 0.25) is 0 Å². The molecule has 2 rings (SSSR count). The van der Waals surface area contributed by atoms with E-state index in [9.17, 15) is 10.1 Å². The lowest BCUT2D eigenvalue weighted by Gasteiger charge is -2.01. The van der Waals surface area contributed by atoms with Crippen molar-refractivity contribution in [1.82, 2.24) is 9.59 Å². The largest absolute Gasteiger partial charge is 0.377 e. The fourth-order valence-corrected chi connectivity index (χ4v) is 2.76. The van der Waals surface area contributed by atoms with Gasteiger partial charge in [0.25, 0.3) is 5.69 Å². The van der Waals surface area contributed by atoms with Gasteiger partial charge in [-0.15, -0.1) is 16.9 Å². The highest BCUT2D eigenvalue weighted by atomic mass is 32.2. The van der Waals surface area contributed by atoms with Gasteiger partial charge in [-0.05, 0) is 12.1 Å². The number of nitrogens with one attached hydrogen (secondary N) is 1. The first-order chi connectivity index (χ1) is 8.70. The van der Waals surface area contributed by atoms with Crippen LogP contribution in [0, 0.1) is 10.1 Å². The van der Waals surface area contributed by atoms with Crippen molar-refractivity contribution in [3.8, 4) is 0 Å². The van der Waals surface area contributed by atoms with E-state index in [1.165, 1.54) is 23.7 Å². The second-order valence-corrected chi connectivity index (χ2v) is 5.14. The molecule has 0 fully saturated rings. The van der Waals surface area contributed by atoms with Crippen LogP contribution in [-0.2, 0) is 5.75 Å². The van der Waals surface area contributed by atoms with E-state index in [-0.39, 0.29) is 5.69 Å². The van der Waals surface area contributed by atoms with E-state index in [0.717, 1.165) is 15.6 Å². The summed E-state index contributed by atoms with van der Waals surface area (Å²) in [5.41, 5.74) is 0.997. The Morgan fingerprint density at radius 3 is 2.78 bits per heavy atom. The molecule has 94 valence electrons. The lowest BCUT2D eigenvalue weighted by molar-refractivity contribution is -0.384. The molecule has 0 saturated carbocycles. The lowest BCUT2D eigenvalue weighted by atomic mass is 10.3. The van der Waals surface area contributed by atoms with E-state index in [1.54, 1.807) is 23.9 Å². The van der Waals surface area contributed by atoms with Crippen molar-refractivity contribution in [2.75, 3.05) is 12.4 Å². The third-order valence-corrected chi connectivity index (χ3v) is 4.01. The first-order valence-electron chi connectivity index (χ1n) is 5.07. The molecule has 2 aromatic rings. The van der Waals surface area contributed by atoms with Crippen molar-refractivity contribution in [1.29, 1.82) is 0 Å². The lowest BCUT2D eigenvalue weighted by Crippen LogP contribution is -1.91. The van der Waals surface area contributed by atoms with Gasteiger partial charge in [0.15, 0.2) is 0 Å². The highest BCUT2D eigenvalue weighted by molar-refractivity contribution is 7.98. The predicted octanol–water partition coefficient (Wildman–Crippen LogP) is 2.78. The Kier molecular flexibility index (Phi) is 4.11. The number of non-ortho nitro benzene ring substituents is 1. The van der Waals surface area contributed by atoms with Crippen LogP contribution in [0.5, 0.6) is 0 Å². The maximum Gasteiger partial charge on any atom is 0.269 e. The predicted molar refractivity (Wildman–Crippen MR) is 72.1 cm³/mol. The van der Waals surface area contributed by atoms with Crippen molar-refractivity contribution in [3.63, 3.8) is 0 Å². The minimum Gasteiger partial charge on any atom is -0.377 e. The molecule has 0 unspecified atom stereocenters. The van der Waals surface area contributed by atoms with E-state index in [2.05, 4.69) is 14.9 Å². The summed E-state index contributed by atoms with van der Waals surface area (Å²) in [5.74, 6) is 0.685. The molecule has 8 heteroatoms. The Morgan fingerprint density at radius 2 is 2.17 bits per heavy atom. The zero-order valence-corrected chi connectivity index (χ0v) is 11.1. The maximum atomic E-state index is 10.5. The molecule has 1 N–H and O–H groups in total. The third kappa shape index (κ3) is 2.96. The number of thioether (sulfide) groups is 1. The average molecular weight is 282 g/mol. The van der Waals surface area contributed by atoms with Gasteiger partial charge in [0.2, 0.25) is 0 Å². The summed E-state index contributed by atoms with van der Waals surface area (Å²) in [4.78, 5) is 11.1.